The molecule has 2 aromatic carbocycles. The van der Waals surface area contributed by atoms with Crippen LogP contribution in [0.5, 0.6) is 5.75 Å². The standard InChI is InChI=1S/C18H22N2O4S/c1-13-6-5-7-17(14(13)2)19-18(21)12-20(3)25(22,23)16-10-8-15(24-4)9-11-16/h5-11H,12H2,1-4H3,(H,19,21). The summed E-state index contributed by atoms with van der Waals surface area (Å²) in [6, 6.07) is 11.6. The lowest BCUT2D eigenvalue weighted by Crippen LogP contribution is -2.35. The predicted octanol–water partition coefficient (Wildman–Crippen LogP) is 2.57. The lowest BCUT2D eigenvalue weighted by Gasteiger charge is -2.18. The van der Waals surface area contributed by atoms with Crippen LogP contribution in [0.2, 0.25) is 0 Å². The Labute approximate surface area is 148 Å². The minimum absolute atomic E-state index is 0.107. The van der Waals surface area contributed by atoms with E-state index in [2.05, 4.69) is 5.32 Å². The van der Waals surface area contributed by atoms with Crippen molar-refractivity contribution in [3.05, 3.63) is 53.6 Å². The van der Waals surface area contributed by atoms with Crippen LogP contribution in [0, 0.1) is 13.8 Å². The lowest BCUT2D eigenvalue weighted by atomic mass is 10.1. The summed E-state index contributed by atoms with van der Waals surface area (Å²) in [5.41, 5.74) is 2.69. The second-order valence-electron chi connectivity index (χ2n) is 5.73. The van der Waals surface area contributed by atoms with Crippen LogP contribution in [-0.4, -0.2) is 39.3 Å². The molecule has 0 radical (unpaired) electrons. The highest BCUT2D eigenvalue weighted by molar-refractivity contribution is 7.89. The molecule has 0 atom stereocenters. The van der Waals surface area contributed by atoms with Crippen LogP contribution in [0.25, 0.3) is 0 Å². The Kier molecular flexibility index (Phi) is 5.81. The van der Waals surface area contributed by atoms with E-state index in [1.807, 2.05) is 26.0 Å². The van der Waals surface area contributed by atoms with E-state index in [1.54, 1.807) is 18.2 Å². The summed E-state index contributed by atoms with van der Waals surface area (Å²) in [6.45, 7) is 3.58. The molecule has 0 saturated carbocycles. The van der Waals surface area contributed by atoms with Gasteiger partial charge in [-0.25, -0.2) is 8.42 Å². The van der Waals surface area contributed by atoms with Gasteiger partial charge in [0.25, 0.3) is 0 Å². The van der Waals surface area contributed by atoms with Crippen molar-refractivity contribution in [3.63, 3.8) is 0 Å². The fraction of sp³-hybridized carbons (Fsp3) is 0.278. The molecule has 0 spiro atoms. The quantitative estimate of drug-likeness (QED) is 0.857. The molecule has 0 fully saturated rings. The molecule has 6 nitrogen and oxygen atoms in total. The second-order valence-corrected chi connectivity index (χ2v) is 7.78. The molecule has 0 aromatic heterocycles. The van der Waals surface area contributed by atoms with E-state index in [-0.39, 0.29) is 11.4 Å². The maximum absolute atomic E-state index is 12.5. The van der Waals surface area contributed by atoms with Crippen molar-refractivity contribution in [1.29, 1.82) is 0 Å². The molecule has 0 aliphatic rings. The topological polar surface area (TPSA) is 75.7 Å². The smallest absolute Gasteiger partial charge is 0.243 e. The number of hydrogen-bond acceptors (Lipinski definition) is 4. The highest BCUT2D eigenvalue weighted by atomic mass is 32.2. The lowest BCUT2D eigenvalue weighted by molar-refractivity contribution is -0.116. The maximum Gasteiger partial charge on any atom is 0.243 e. The summed E-state index contributed by atoms with van der Waals surface area (Å²) in [5.74, 6) is 0.169. The SMILES string of the molecule is COc1ccc(S(=O)(=O)N(C)CC(=O)Nc2cccc(C)c2C)cc1. The van der Waals surface area contributed by atoms with Crippen LogP contribution in [0.1, 0.15) is 11.1 Å². The Balaban J connectivity index is 2.10. The Hall–Kier alpha value is -2.38. The van der Waals surface area contributed by atoms with Crippen molar-refractivity contribution in [1.82, 2.24) is 4.31 Å². The molecule has 0 saturated heterocycles. The minimum Gasteiger partial charge on any atom is -0.497 e. The molecule has 0 heterocycles. The van der Waals surface area contributed by atoms with Crippen molar-refractivity contribution in [3.8, 4) is 5.75 Å². The number of rotatable bonds is 6. The van der Waals surface area contributed by atoms with Crippen LogP contribution in [-0.2, 0) is 14.8 Å². The molecule has 7 heteroatoms. The molecule has 2 aromatic rings. The molecule has 0 bridgehead atoms. The van der Waals surface area contributed by atoms with E-state index in [0.717, 1.165) is 15.4 Å². The van der Waals surface area contributed by atoms with Gasteiger partial charge < -0.3 is 10.1 Å². The van der Waals surface area contributed by atoms with Crippen LogP contribution in [0.15, 0.2) is 47.4 Å². The molecule has 0 unspecified atom stereocenters. The van der Waals surface area contributed by atoms with Crippen molar-refractivity contribution in [2.24, 2.45) is 0 Å². The summed E-state index contributed by atoms with van der Waals surface area (Å²) in [5, 5.41) is 2.76. The first kappa shape index (κ1) is 19.0. The van der Waals surface area contributed by atoms with Gasteiger partial charge in [-0.15, -0.1) is 0 Å². The zero-order valence-corrected chi connectivity index (χ0v) is 15.6. The Morgan fingerprint density at radius 2 is 1.76 bits per heavy atom. The number of nitrogens with one attached hydrogen (secondary N) is 1. The van der Waals surface area contributed by atoms with Gasteiger partial charge in [0, 0.05) is 12.7 Å². The number of carbonyl (C=O) groups is 1. The Morgan fingerprint density at radius 1 is 1.12 bits per heavy atom. The number of amides is 1. The molecule has 134 valence electrons. The van der Waals surface area contributed by atoms with Crippen molar-refractivity contribution < 1.29 is 17.9 Å². The van der Waals surface area contributed by atoms with Crippen LogP contribution in [0.4, 0.5) is 5.69 Å². The third-order valence-electron chi connectivity index (χ3n) is 4.01. The normalized spacial score (nSPS) is 11.4. The van der Waals surface area contributed by atoms with Gasteiger partial charge >= 0.3 is 0 Å². The van der Waals surface area contributed by atoms with Crippen LogP contribution in [0.3, 0.4) is 0 Å². The number of nitrogens with zero attached hydrogens (tertiary/aromatic N) is 1. The van der Waals surface area contributed by atoms with Crippen LogP contribution >= 0.6 is 0 Å². The fourth-order valence-electron chi connectivity index (χ4n) is 2.29. The zero-order valence-electron chi connectivity index (χ0n) is 14.7. The summed E-state index contributed by atoms with van der Waals surface area (Å²) in [7, 11) is -0.868. The number of likely N-dealkylation sites (N-methyl/N-ethyl adjacent to an activating group) is 1. The van der Waals surface area contributed by atoms with Gasteiger partial charge in [-0.2, -0.15) is 4.31 Å². The highest BCUT2D eigenvalue weighted by Gasteiger charge is 2.23. The molecule has 2 rings (SSSR count). The number of ether oxygens (including phenoxy) is 1. The molecule has 0 aliphatic heterocycles. The van der Waals surface area contributed by atoms with Gasteiger partial charge in [-0.1, -0.05) is 12.1 Å². The number of aryl methyl sites for hydroxylation is 1. The van der Waals surface area contributed by atoms with Gasteiger partial charge in [-0.05, 0) is 55.3 Å². The molecule has 1 amide bonds. The average molecular weight is 362 g/mol. The minimum atomic E-state index is -3.75. The van der Waals surface area contributed by atoms with E-state index in [9.17, 15) is 13.2 Å². The van der Waals surface area contributed by atoms with Gasteiger partial charge in [0.2, 0.25) is 15.9 Å². The number of methoxy groups -OCH3 is 1. The van der Waals surface area contributed by atoms with E-state index in [1.165, 1.54) is 26.3 Å². The van der Waals surface area contributed by atoms with Crippen molar-refractivity contribution in [2.75, 3.05) is 26.0 Å². The number of benzene rings is 2. The first-order chi connectivity index (χ1) is 11.8. The first-order valence-electron chi connectivity index (χ1n) is 7.72. The molecule has 1 N–H and O–H groups in total. The monoisotopic (exact) mass is 362 g/mol. The summed E-state index contributed by atoms with van der Waals surface area (Å²) in [6.07, 6.45) is 0. The van der Waals surface area contributed by atoms with Crippen molar-refractivity contribution >= 4 is 21.6 Å². The van der Waals surface area contributed by atoms with Crippen LogP contribution < -0.4 is 10.1 Å². The number of sulfonamides is 1. The molecule has 25 heavy (non-hydrogen) atoms. The largest absolute Gasteiger partial charge is 0.497 e. The summed E-state index contributed by atoms with van der Waals surface area (Å²) >= 11 is 0. The second kappa shape index (κ2) is 7.67. The van der Waals surface area contributed by atoms with E-state index in [0.29, 0.717) is 11.4 Å². The maximum atomic E-state index is 12.5. The Bertz CT molecular complexity index is 861. The number of carbonyl (C=O) groups excluding carboxylic acids is 1. The highest BCUT2D eigenvalue weighted by Crippen LogP contribution is 2.20. The summed E-state index contributed by atoms with van der Waals surface area (Å²) in [4.78, 5) is 12.3. The molecule has 0 aliphatic carbocycles. The first-order valence-corrected chi connectivity index (χ1v) is 9.16. The fourth-order valence-corrected chi connectivity index (χ4v) is 3.42. The Morgan fingerprint density at radius 3 is 2.36 bits per heavy atom. The molecular weight excluding hydrogens is 340 g/mol. The number of hydrogen-bond donors (Lipinski definition) is 1. The van der Waals surface area contributed by atoms with E-state index < -0.39 is 15.9 Å². The average Bonchev–Trinajstić information content (AvgIpc) is 2.59. The van der Waals surface area contributed by atoms with Gasteiger partial charge in [0.15, 0.2) is 0 Å². The molecular formula is C18H22N2O4S. The third kappa shape index (κ3) is 4.37. The predicted molar refractivity (Wildman–Crippen MR) is 97.4 cm³/mol. The van der Waals surface area contributed by atoms with E-state index in [4.69, 9.17) is 4.74 Å². The summed E-state index contributed by atoms with van der Waals surface area (Å²) < 4.78 is 31.1. The van der Waals surface area contributed by atoms with Gasteiger partial charge in [0.05, 0.1) is 18.6 Å². The van der Waals surface area contributed by atoms with Gasteiger partial charge in [-0.3, -0.25) is 4.79 Å². The van der Waals surface area contributed by atoms with Gasteiger partial charge in [0.1, 0.15) is 5.75 Å². The van der Waals surface area contributed by atoms with Crippen molar-refractivity contribution in [2.45, 2.75) is 18.7 Å². The third-order valence-corrected chi connectivity index (χ3v) is 5.83. The zero-order chi connectivity index (χ0) is 18.6. The van der Waals surface area contributed by atoms with E-state index >= 15 is 0 Å². The number of anilines is 1.